The van der Waals surface area contributed by atoms with Gasteiger partial charge in [0.25, 0.3) is 0 Å². The summed E-state index contributed by atoms with van der Waals surface area (Å²) in [6.45, 7) is 4.74. The fourth-order valence-corrected chi connectivity index (χ4v) is 8.03. The van der Waals surface area contributed by atoms with E-state index in [1.807, 2.05) is 6.92 Å². The van der Waals surface area contributed by atoms with Gasteiger partial charge in [-0.15, -0.1) is 0 Å². The van der Waals surface area contributed by atoms with Gasteiger partial charge in [0.2, 0.25) is 0 Å². The molecule has 4 aliphatic carbocycles. The number of ketones is 1. The summed E-state index contributed by atoms with van der Waals surface area (Å²) in [5.74, 6) is 4.67. The van der Waals surface area contributed by atoms with Crippen molar-refractivity contribution in [2.75, 3.05) is 13.7 Å². The van der Waals surface area contributed by atoms with Crippen molar-refractivity contribution in [1.82, 2.24) is 0 Å². The number of carbonyl (C=O) groups is 1. The fraction of sp³-hybridized carbons (Fsp3) is 0.955. The third kappa shape index (κ3) is 2.81. The van der Waals surface area contributed by atoms with Crippen LogP contribution in [0.3, 0.4) is 0 Å². The number of carbonyl (C=O) groups excluding carboxylic acids is 1. The Kier molecular flexibility index (Phi) is 4.56. The molecule has 0 aliphatic heterocycles. The maximum absolute atomic E-state index is 12.2. The highest BCUT2D eigenvalue weighted by atomic mass is 16.5. The molecule has 3 heteroatoms. The Bertz CT molecular complexity index is 531. The monoisotopic (exact) mass is 348 g/mol. The fourth-order valence-electron chi connectivity index (χ4n) is 8.03. The molecule has 0 unspecified atom stereocenters. The third-order valence-electron chi connectivity index (χ3n) is 9.01. The van der Waals surface area contributed by atoms with Gasteiger partial charge in [-0.1, -0.05) is 6.92 Å². The van der Waals surface area contributed by atoms with Crippen LogP contribution in [0, 0.1) is 40.9 Å². The molecule has 0 aromatic heterocycles. The molecule has 4 rings (SSSR count). The van der Waals surface area contributed by atoms with Gasteiger partial charge >= 0.3 is 0 Å². The molecule has 1 N–H and O–H groups in total. The van der Waals surface area contributed by atoms with Crippen LogP contribution in [0.2, 0.25) is 0 Å². The third-order valence-corrected chi connectivity index (χ3v) is 9.01. The van der Waals surface area contributed by atoms with Crippen LogP contribution in [0.25, 0.3) is 0 Å². The summed E-state index contributed by atoms with van der Waals surface area (Å²) in [5.41, 5.74) is -0.315. The number of fused-ring (bicyclic) bond motifs is 5. The number of aliphatic hydroxyl groups is 1. The molecule has 3 nitrogen and oxygen atoms in total. The summed E-state index contributed by atoms with van der Waals surface area (Å²) >= 11 is 0. The first-order valence-electron chi connectivity index (χ1n) is 10.6. The van der Waals surface area contributed by atoms with Crippen LogP contribution in [0.5, 0.6) is 0 Å². The van der Waals surface area contributed by atoms with Crippen molar-refractivity contribution < 1.29 is 14.6 Å². The van der Waals surface area contributed by atoms with Gasteiger partial charge in [0.15, 0.2) is 0 Å². The van der Waals surface area contributed by atoms with Crippen molar-refractivity contribution in [3.8, 4) is 0 Å². The van der Waals surface area contributed by atoms with Crippen molar-refractivity contribution in [3.05, 3.63) is 0 Å². The molecule has 0 aromatic rings. The lowest BCUT2D eigenvalue weighted by atomic mass is 9.49. The van der Waals surface area contributed by atoms with Crippen LogP contribution in [-0.4, -0.2) is 30.2 Å². The molecule has 0 saturated heterocycles. The standard InChI is InChI=1S/C22H36O3/c1-14(23)19-6-7-20-18-5-4-15-12-22(24,13-25-3)11-9-16(15)17(18)8-10-21(19,20)2/h15-20,24H,4-13H2,1-3H3/t15-,16-,17+,18+,19+,20-,21+,22+/m0/s1. The van der Waals surface area contributed by atoms with E-state index in [0.717, 1.165) is 42.9 Å². The second-order valence-electron chi connectivity index (χ2n) is 10.1. The molecule has 25 heavy (non-hydrogen) atoms. The number of ether oxygens (including phenoxy) is 1. The molecule has 4 saturated carbocycles. The average Bonchev–Trinajstić information content (AvgIpc) is 2.91. The molecule has 0 heterocycles. The zero-order chi connectivity index (χ0) is 17.8. The molecule has 0 bridgehead atoms. The van der Waals surface area contributed by atoms with Crippen LogP contribution < -0.4 is 0 Å². The van der Waals surface area contributed by atoms with Crippen molar-refractivity contribution >= 4 is 5.78 Å². The lowest BCUT2D eigenvalue weighted by Crippen LogP contribution is -2.52. The summed E-state index contributed by atoms with van der Waals surface area (Å²) in [6, 6.07) is 0. The summed E-state index contributed by atoms with van der Waals surface area (Å²) in [4.78, 5) is 12.2. The van der Waals surface area contributed by atoms with E-state index in [-0.39, 0.29) is 5.41 Å². The second-order valence-corrected chi connectivity index (χ2v) is 10.1. The van der Waals surface area contributed by atoms with Gasteiger partial charge in [-0.3, -0.25) is 4.79 Å². The Labute approximate surface area is 152 Å². The smallest absolute Gasteiger partial charge is 0.133 e. The van der Waals surface area contributed by atoms with E-state index in [9.17, 15) is 9.90 Å². The van der Waals surface area contributed by atoms with Crippen molar-refractivity contribution in [2.24, 2.45) is 40.9 Å². The van der Waals surface area contributed by atoms with Gasteiger partial charge in [0.05, 0.1) is 12.2 Å². The van der Waals surface area contributed by atoms with Crippen LogP contribution in [0.4, 0.5) is 0 Å². The van der Waals surface area contributed by atoms with Gasteiger partial charge in [0.1, 0.15) is 5.78 Å². The highest BCUT2D eigenvalue weighted by molar-refractivity contribution is 5.79. The molecule has 0 spiro atoms. The van der Waals surface area contributed by atoms with Gasteiger partial charge in [-0.05, 0) is 99.7 Å². The maximum atomic E-state index is 12.2. The number of rotatable bonds is 3. The summed E-state index contributed by atoms with van der Waals surface area (Å²) < 4.78 is 5.29. The van der Waals surface area contributed by atoms with E-state index in [2.05, 4.69) is 6.92 Å². The van der Waals surface area contributed by atoms with Crippen molar-refractivity contribution in [2.45, 2.75) is 77.2 Å². The lowest BCUT2D eigenvalue weighted by molar-refractivity contribution is -0.134. The highest BCUT2D eigenvalue weighted by Crippen LogP contribution is 2.64. The minimum Gasteiger partial charge on any atom is -0.387 e. The first-order chi connectivity index (χ1) is 11.9. The van der Waals surface area contributed by atoms with E-state index >= 15 is 0 Å². The SMILES string of the molecule is COC[C@@]1(O)CC[C@H]2[C@@H](CC[C@@H]3[C@@H]2CC[C@]2(C)[C@@H](C(C)=O)CC[C@@H]32)C1. The molecule has 4 fully saturated rings. The van der Waals surface area contributed by atoms with Crippen LogP contribution in [0.15, 0.2) is 0 Å². The number of Topliss-reactive ketones (excluding diaryl/α,β-unsaturated/α-hetero) is 1. The summed E-state index contributed by atoms with van der Waals surface area (Å²) in [6.07, 6.45) is 10.6. The Morgan fingerprint density at radius 1 is 1.04 bits per heavy atom. The minimum absolute atomic E-state index is 0.269. The lowest BCUT2D eigenvalue weighted by Gasteiger charge is -2.57. The number of hydrogen-bond donors (Lipinski definition) is 1. The highest BCUT2D eigenvalue weighted by Gasteiger charge is 2.58. The predicted molar refractivity (Wildman–Crippen MR) is 98.1 cm³/mol. The zero-order valence-electron chi connectivity index (χ0n) is 16.3. The second kappa shape index (κ2) is 6.34. The largest absolute Gasteiger partial charge is 0.387 e. The van der Waals surface area contributed by atoms with E-state index < -0.39 is 5.60 Å². The minimum atomic E-state index is -0.584. The zero-order valence-corrected chi connectivity index (χ0v) is 16.3. The maximum Gasteiger partial charge on any atom is 0.133 e. The quantitative estimate of drug-likeness (QED) is 0.830. The molecule has 4 aliphatic rings. The molecule has 0 aromatic carbocycles. The van der Waals surface area contributed by atoms with Gasteiger partial charge in [0, 0.05) is 13.0 Å². The normalized spacial score (nSPS) is 52.2. The first-order valence-corrected chi connectivity index (χ1v) is 10.6. The number of methoxy groups -OCH3 is 1. The van der Waals surface area contributed by atoms with Gasteiger partial charge < -0.3 is 9.84 Å². The average molecular weight is 349 g/mol. The van der Waals surface area contributed by atoms with Crippen LogP contribution >= 0.6 is 0 Å². The van der Waals surface area contributed by atoms with E-state index in [0.29, 0.717) is 24.2 Å². The topological polar surface area (TPSA) is 46.5 Å². The van der Waals surface area contributed by atoms with Gasteiger partial charge in [-0.25, -0.2) is 0 Å². The van der Waals surface area contributed by atoms with Crippen molar-refractivity contribution in [1.29, 1.82) is 0 Å². The Morgan fingerprint density at radius 2 is 1.80 bits per heavy atom. The molecular weight excluding hydrogens is 312 g/mol. The van der Waals surface area contributed by atoms with Crippen molar-refractivity contribution in [3.63, 3.8) is 0 Å². The molecule has 142 valence electrons. The Morgan fingerprint density at radius 3 is 2.52 bits per heavy atom. The Balaban J connectivity index is 1.51. The van der Waals surface area contributed by atoms with E-state index in [1.54, 1.807) is 7.11 Å². The van der Waals surface area contributed by atoms with Gasteiger partial charge in [-0.2, -0.15) is 0 Å². The number of hydrogen-bond acceptors (Lipinski definition) is 3. The van der Waals surface area contributed by atoms with Crippen LogP contribution in [0.1, 0.15) is 71.6 Å². The predicted octanol–water partition coefficient (Wildman–Crippen LogP) is 4.22. The molecule has 8 atom stereocenters. The Hall–Kier alpha value is -0.410. The van der Waals surface area contributed by atoms with E-state index in [4.69, 9.17) is 4.74 Å². The van der Waals surface area contributed by atoms with Crippen LogP contribution in [-0.2, 0) is 9.53 Å². The summed E-state index contributed by atoms with van der Waals surface area (Å²) in [7, 11) is 1.70. The van der Waals surface area contributed by atoms with E-state index in [1.165, 1.54) is 38.5 Å². The molecule has 0 radical (unpaired) electrons. The molecular formula is C22H36O3. The summed E-state index contributed by atoms with van der Waals surface area (Å²) in [5, 5.41) is 10.8. The first kappa shape index (κ1) is 18.0. The molecule has 0 amide bonds.